The smallest absolute Gasteiger partial charge is 0.287 e. The van der Waals surface area contributed by atoms with Crippen LogP contribution in [-0.4, -0.2) is 58.9 Å². The second-order valence-electron chi connectivity index (χ2n) is 8.93. The van der Waals surface area contributed by atoms with Crippen LogP contribution in [0.2, 0.25) is 0 Å². The molecule has 1 saturated heterocycles. The summed E-state index contributed by atoms with van der Waals surface area (Å²) in [5.74, 6) is 0.261. The number of nitrogens with one attached hydrogen (secondary N) is 1. The van der Waals surface area contributed by atoms with Crippen LogP contribution in [0.15, 0.2) is 59.1 Å². The van der Waals surface area contributed by atoms with Gasteiger partial charge in [-0.05, 0) is 80.9 Å². The Balaban J connectivity index is 1.36. The molecule has 3 aromatic rings. The Morgan fingerprint density at radius 2 is 1.86 bits per heavy atom. The highest BCUT2D eigenvalue weighted by Crippen LogP contribution is 2.16. The van der Waals surface area contributed by atoms with Crippen molar-refractivity contribution in [1.82, 2.24) is 19.7 Å². The number of furan rings is 1. The molecule has 0 saturated carbocycles. The molecule has 186 valence electrons. The van der Waals surface area contributed by atoms with E-state index in [2.05, 4.69) is 10.2 Å². The van der Waals surface area contributed by atoms with Gasteiger partial charge in [0.25, 0.3) is 11.8 Å². The zero-order valence-electron chi connectivity index (χ0n) is 20.2. The lowest BCUT2D eigenvalue weighted by Gasteiger charge is -2.23. The summed E-state index contributed by atoms with van der Waals surface area (Å²) in [5, 5.41) is 2.93. The lowest BCUT2D eigenvalue weighted by Crippen LogP contribution is -2.33. The molecule has 1 aliphatic rings. The largest absolute Gasteiger partial charge is 0.454 e. The number of nitrogens with zero attached hydrogens (tertiary/aromatic N) is 3. The van der Waals surface area contributed by atoms with Crippen molar-refractivity contribution < 1.29 is 18.4 Å². The molecule has 2 amide bonds. The average Bonchev–Trinajstić information content (AvgIpc) is 3.62. The van der Waals surface area contributed by atoms with Crippen LogP contribution in [0, 0.1) is 5.82 Å². The maximum atomic E-state index is 13.3. The minimum Gasteiger partial charge on any atom is -0.454 e. The van der Waals surface area contributed by atoms with E-state index in [1.165, 1.54) is 37.1 Å². The van der Waals surface area contributed by atoms with Crippen LogP contribution in [0.4, 0.5) is 4.39 Å². The predicted molar refractivity (Wildman–Crippen MR) is 132 cm³/mol. The van der Waals surface area contributed by atoms with Crippen molar-refractivity contribution in [1.29, 1.82) is 0 Å². The fourth-order valence-electron chi connectivity index (χ4n) is 4.41. The maximum absolute atomic E-state index is 13.3. The summed E-state index contributed by atoms with van der Waals surface area (Å²) in [7, 11) is 0. The molecule has 3 heterocycles. The standard InChI is InChI=1S/C27H33FN4O3/c1-2-14-32(27(34)21-7-9-22(28)10-8-21)19-23-6-5-17-31(23)20-24-11-12-25(35-24)26(33)29-13-18-30-15-3-4-16-30/h5-12,17H,2-4,13-16,18-20H2,1H3,(H,29,33). The third-order valence-corrected chi connectivity index (χ3v) is 6.27. The van der Waals surface area contributed by atoms with Crippen molar-refractivity contribution in [2.24, 2.45) is 0 Å². The van der Waals surface area contributed by atoms with Gasteiger partial charge in [-0.2, -0.15) is 0 Å². The lowest BCUT2D eigenvalue weighted by molar-refractivity contribution is 0.0739. The quantitative estimate of drug-likeness (QED) is 0.448. The highest BCUT2D eigenvalue weighted by Gasteiger charge is 2.18. The Morgan fingerprint density at radius 1 is 1.09 bits per heavy atom. The Kier molecular flexibility index (Phi) is 8.36. The number of hydrogen-bond acceptors (Lipinski definition) is 4. The fourth-order valence-corrected chi connectivity index (χ4v) is 4.41. The molecule has 0 spiro atoms. The summed E-state index contributed by atoms with van der Waals surface area (Å²) in [6.45, 7) is 7.14. The molecule has 7 nitrogen and oxygen atoms in total. The molecule has 1 N–H and O–H groups in total. The highest BCUT2D eigenvalue weighted by atomic mass is 19.1. The normalized spacial score (nSPS) is 13.8. The Morgan fingerprint density at radius 3 is 2.60 bits per heavy atom. The van der Waals surface area contributed by atoms with Gasteiger partial charge in [0.05, 0.1) is 13.1 Å². The van der Waals surface area contributed by atoms with Crippen molar-refractivity contribution in [3.63, 3.8) is 0 Å². The molecule has 1 aliphatic heterocycles. The van der Waals surface area contributed by atoms with Gasteiger partial charge in [-0.1, -0.05) is 6.92 Å². The second-order valence-corrected chi connectivity index (χ2v) is 8.93. The van der Waals surface area contributed by atoms with Crippen LogP contribution < -0.4 is 5.32 Å². The molecule has 0 radical (unpaired) electrons. The SMILES string of the molecule is CCCN(Cc1cccn1Cc1ccc(C(=O)NCCN2CCCC2)o1)C(=O)c1ccc(F)cc1. The zero-order valence-corrected chi connectivity index (χ0v) is 20.2. The minimum absolute atomic E-state index is 0.134. The third-order valence-electron chi connectivity index (χ3n) is 6.27. The number of likely N-dealkylation sites (tertiary alicyclic amines) is 1. The fraction of sp³-hybridized carbons (Fsp3) is 0.407. The number of halogens is 1. The molecule has 4 rings (SSSR count). The first kappa shape index (κ1) is 24.7. The molecule has 0 atom stereocenters. The first-order valence-electron chi connectivity index (χ1n) is 12.3. The molecular weight excluding hydrogens is 447 g/mol. The number of hydrogen-bond donors (Lipinski definition) is 1. The van der Waals surface area contributed by atoms with Crippen molar-refractivity contribution in [3.05, 3.63) is 83.3 Å². The topological polar surface area (TPSA) is 70.7 Å². The first-order valence-corrected chi connectivity index (χ1v) is 12.3. The highest BCUT2D eigenvalue weighted by molar-refractivity contribution is 5.94. The van der Waals surface area contributed by atoms with Crippen molar-refractivity contribution in [2.75, 3.05) is 32.7 Å². The van der Waals surface area contributed by atoms with Crippen molar-refractivity contribution >= 4 is 11.8 Å². The number of carbonyl (C=O) groups excluding carboxylic acids is 2. The molecule has 0 bridgehead atoms. The van der Waals surface area contributed by atoms with E-state index >= 15 is 0 Å². The van der Waals surface area contributed by atoms with Crippen LogP contribution in [0.1, 0.15) is 58.6 Å². The molecule has 0 unspecified atom stereocenters. The second kappa shape index (κ2) is 11.8. The summed E-state index contributed by atoms with van der Waals surface area (Å²) in [6, 6.07) is 13.0. The van der Waals surface area contributed by atoms with Gasteiger partial charge in [0.2, 0.25) is 0 Å². The van der Waals surface area contributed by atoms with Gasteiger partial charge >= 0.3 is 0 Å². The van der Waals surface area contributed by atoms with Crippen LogP contribution in [0.5, 0.6) is 0 Å². The van der Waals surface area contributed by atoms with E-state index < -0.39 is 0 Å². The van der Waals surface area contributed by atoms with Crippen LogP contribution in [0.3, 0.4) is 0 Å². The van der Waals surface area contributed by atoms with Crippen molar-refractivity contribution in [3.8, 4) is 0 Å². The monoisotopic (exact) mass is 480 g/mol. The summed E-state index contributed by atoms with van der Waals surface area (Å²) in [6.07, 6.45) is 5.20. The van der Waals surface area contributed by atoms with Gasteiger partial charge in [0.1, 0.15) is 11.6 Å². The number of amides is 2. The van der Waals surface area contributed by atoms with E-state index in [-0.39, 0.29) is 17.6 Å². The summed E-state index contributed by atoms with van der Waals surface area (Å²) >= 11 is 0. The van der Waals surface area contributed by atoms with Crippen LogP contribution >= 0.6 is 0 Å². The van der Waals surface area contributed by atoms with E-state index in [0.29, 0.717) is 43.3 Å². The van der Waals surface area contributed by atoms with Gasteiger partial charge < -0.3 is 24.1 Å². The van der Waals surface area contributed by atoms with E-state index in [0.717, 1.165) is 31.7 Å². The van der Waals surface area contributed by atoms with Gasteiger partial charge in [-0.25, -0.2) is 4.39 Å². The van der Waals surface area contributed by atoms with Gasteiger partial charge in [0, 0.05) is 37.1 Å². The minimum atomic E-state index is -0.365. The van der Waals surface area contributed by atoms with E-state index in [4.69, 9.17) is 4.42 Å². The van der Waals surface area contributed by atoms with Gasteiger partial charge in [-0.3, -0.25) is 9.59 Å². The summed E-state index contributed by atoms with van der Waals surface area (Å²) < 4.78 is 21.1. The Hall–Kier alpha value is -3.39. The molecule has 8 heteroatoms. The summed E-state index contributed by atoms with van der Waals surface area (Å²) in [4.78, 5) is 29.6. The lowest BCUT2D eigenvalue weighted by atomic mass is 10.2. The first-order chi connectivity index (χ1) is 17.0. The number of carbonyl (C=O) groups is 2. The van der Waals surface area contributed by atoms with E-state index in [1.807, 2.05) is 35.9 Å². The number of aromatic nitrogens is 1. The number of rotatable bonds is 11. The van der Waals surface area contributed by atoms with Crippen LogP contribution in [0.25, 0.3) is 0 Å². The molecule has 0 aliphatic carbocycles. The zero-order chi connectivity index (χ0) is 24.6. The molecule has 2 aromatic heterocycles. The predicted octanol–water partition coefficient (Wildman–Crippen LogP) is 4.15. The third kappa shape index (κ3) is 6.60. The van der Waals surface area contributed by atoms with Gasteiger partial charge in [0.15, 0.2) is 5.76 Å². The Labute approximate surface area is 205 Å². The van der Waals surface area contributed by atoms with Crippen molar-refractivity contribution in [2.45, 2.75) is 39.3 Å². The molecular formula is C27H33FN4O3. The molecule has 35 heavy (non-hydrogen) atoms. The summed E-state index contributed by atoms with van der Waals surface area (Å²) in [5.41, 5.74) is 1.41. The van der Waals surface area contributed by atoms with Crippen LogP contribution in [-0.2, 0) is 13.1 Å². The Bertz CT molecular complexity index is 1120. The molecule has 1 aromatic carbocycles. The maximum Gasteiger partial charge on any atom is 0.287 e. The number of benzene rings is 1. The van der Waals surface area contributed by atoms with E-state index in [9.17, 15) is 14.0 Å². The van der Waals surface area contributed by atoms with E-state index in [1.54, 1.807) is 11.0 Å². The molecule has 1 fully saturated rings. The van der Waals surface area contributed by atoms with Gasteiger partial charge in [-0.15, -0.1) is 0 Å². The average molecular weight is 481 g/mol.